The van der Waals surface area contributed by atoms with E-state index in [1.807, 2.05) is 31.2 Å². The Morgan fingerprint density at radius 2 is 1.79 bits per heavy atom. The van der Waals surface area contributed by atoms with E-state index in [1.54, 1.807) is 25.7 Å². The molecule has 130 valence electrons. The molecular weight excluding hydrogens is 304 g/mol. The minimum absolute atomic E-state index is 0.0809. The lowest BCUT2D eigenvalue weighted by molar-refractivity contribution is -0.132. The van der Waals surface area contributed by atoms with Crippen molar-refractivity contribution in [2.45, 2.75) is 39.8 Å². The van der Waals surface area contributed by atoms with Gasteiger partial charge in [-0.3, -0.25) is 4.79 Å². The second kappa shape index (κ2) is 8.39. The van der Waals surface area contributed by atoms with Gasteiger partial charge in [-0.05, 0) is 33.3 Å². The average Bonchev–Trinajstić information content (AvgIpc) is 2.47. The van der Waals surface area contributed by atoms with Crippen molar-refractivity contribution in [2.24, 2.45) is 0 Å². The highest BCUT2D eigenvalue weighted by molar-refractivity contribution is 5.82. The minimum atomic E-state index is -0.602. The summed E-state index contributed by atoms with van der Waals surface area (Å²) in [5.74, 6) is 2.27. The van der Waals surface area contributed by atoms with Crippen molar-refractivity contribution in [3.05, 3.63) is 35.4 Å². The first-order valence-electron chi connectivity index (χ1n) is 7.83. The Morgan fingerprint density at radius 1 is 1.21 bits per heavy atom. The largest absolute Gasteiger partial charge is 0.444 e. The van der Waals surface area contributed by atoms with Gasteiger partial charge in [0.25, 0.3) is 0 Å². The molecule has 0 spiro atoms. The SMILES string of the molecule is C#CCN(Cc1ccc(C)cc1)C(=O)CN(C)C(=O)OC(C)(C)C. The van der Waals surface area contributed by atoms with Crippen LogP contribution in [0.3, 0.4) is 0 Å². The third-order valence-corrected chi connectivity index (χ3v) is 3.21. The normalized spacial score (nSPS) is 10.7. The Kier molecular flexibility index (Phi) is 6.84. The van der Waals surface area contributed by atoms with Crippen molar-refractivity contribution in [1.82, 2.24) is 9.80 Å². The van der Waals surface area contributed by atoms with E-state index in [1.165, 1.54) is 11.9 Å². The van der Waals surface area contributed by atoms with Crippen molar-refractivity contribution in [2.75, 3.05) is 20.1 Å². The van der Waals surface area contributed by atoms with Crippen molar-refractivity contribution in [3.8, 4) is 12.3 Å². The Morgan fingerprint density at radius 3 is 2.29 bits per heavy atom. The molecular formula is C19H26N2O3. The van der Waals surface area contributed by atoms with Gasteiger partial charge < -0.3 is 14.5 Å². The van der Waals surface area contributed by atoms with Crippen molar-refractivity contribution in [1.29, 1.82) is 0 Å². The van der Waals surface area contributed by atoms with Crippen molar-refractivity contribution < 1.29 is 14.3 Å². The summed E-state index contributed by atoms with van der Waals surface area (Å²) >= 11 is 0. The first-order valence-corrected chi connectivity index (χ1v) is 7.83. The number of nitrogens with zero attached hydrogens (tertiary/aromatic N) is 2. The van der Waals surface area contributed by atoms with E-state index in [4.69, 9.17) is 11.2 Å². The smallest absolute Gasteiger partial charge is 0.410 e. The van der Waals surface area contributed by atoms with Gasteiger partial charge in [0.05, 0.1) is 6.54 Å². The van der Waals surface area contributed by atoms with E-state index in [9.17, 15) is 9.59 Å². The first kappa shape index (κ1) is 19.6. The maximum absolute atomic E-state index is 12.5. The van der Waals surface area contributed by atoms with Gasteiger partial charge in [-0.1, -0.05) is 35.7 Å². The van der Waals surface area contributed by atoms with Gasteiger partial charge in [0.15, 0.2) is 0 Å². The molecule has 24 heavy (non-hydrogen) atoms. The predicted octanol–water partition coefficient (Wildman–Crippen LogP) is 2.82. The highest BCUT2D eigenvalue weighted by atomic mass is 16.6. The van der Waals surface area contributed by atoms with Crippen LogP contribution in [0.2, 0.25) is 0 Å². The van der Waals surface area contributed by atoms with Crippen LogP contribution in [0.15, 0.2) is 24.3 Å². The standard InChI is InChI=1S/C19H26N2O3/c1-7-12-21(13-16-10-8-15(2)9-11-16)17(22)14-20(6)18(23)24-19(3,4)5/h1,8-11H,12-14H2,2-6H3. The molecule has 0 aliphatic heterocycles. The number of aryl methyl sites for hydroxylation is 1. The summed E-state index contributed by atoms with van der Waals surface area (Å²) in [5.41, 5.74) is 1.54. The maximum Gasteiger partial charge on any atom is 0.410 e. The molecule has 0 radical (unpaired) electrons. The van der Waals surface area contributed by atoms with Crippen LogP contribution in [0.4, 0.5) is 4.79 Å². The lowest BCUT2D eigenvalue weighted by Gasteiger charge is -2.27. The number of carbonyl (C=O) groups is 2. The van der Waals surface area contributed by atoms with Gasteiger partial charge in [0.1, 0.15) is 12.1 Å². The van der Waals surface area contributed by atoms with E-state index < -0.39 is 11.7 Å². The fraction of sp³-hybridized carbons (Fsp3) is 0.474. The summed E-state index contributed by atoms with van der Waals surface area (Å²) in [6.07, 6.45) is 4.83. The van der Waals surface area contributed by atoms with Crippen LogP contribution < -0.4 is 0 Å². The van der Waals surface area contributed by atoms with E-state index in [-0.39, 0.29) is 19.0 Å². The van der Waals surface area contributed by atoms with Crippen LogP contribution in [0.5, 0.6) is 0 Å². The monoisotopic (exact) mass is 330 g/mol. The molecule has 0 saturated heterocycles. The number of hydrogen-bond acceptors (Lipinski definition) is 3. The van der Waals surface area contributed by atoms with Gasteiger partial charge >= 0.3 is 6.09 Å². The molecule has 0 aliphatic rings. The highest BCUT2D eigenvalue weighted by Crippen LogP contribution is 2.10. The van der Waals surface area contributed by atoms with Gasteiger partial charge in [-0.15, -0.1) is 6.42 Å². The molecule has 0 atom stereocenters. The molecule has 0 unspecified atom stereocenters. The van der Waals surface area contributed by atoms with Gasteiger partial charge in [0, 0.05) is 13.6 Å². The molecule has 0 heterocycles. The number of amides is 2. The zero-order valence-electron chi connectivity index (χ0n) is 15.1. The quantitative estimate of drug-likeness (QED) is 0.780. The summed E-state index contributed by atoms with van der Waals surface area (Å²) in [6.45, 7) is 7.86. The average molecular weight is 330 g/mol. The number of benzene rings is 1. The van der Waals surface area contributed by atoms with E-state index in [0.29, 0.717) is 6.54 Å². The van der Waals surface area contributed by atoms with Crippen molar-refractivity contribution in [3.63, 3.8) is 0 Å². The van der Waals surface area contributed by atoms with Crippen LogP contribution in [0.25, 0.3) is 0 Å². The summed E-state index contributed by atoms with van der Waals surface area (Å²) in [5, 5.41) is 0. The minimum Gasteiger partial charge on any atom is -0.444 e. The summed E-state index contributed by atoms with van der Waals surface area (Å²) < 4.78 is 5.25. The van der Waals surface area contributed by atoms with E-state index >= 15 is 0 Å². The first-order chi connectivity index (χ1) is 11.1. The highest BCUT2D eigenvalue weighted by Gasteiger charge is 2.23. The number of rotatable bonds is 5. The Bertz CT molecular complexity index is 609. The summed E-state index contributed by atoms with van der Waals surface area (Å²) in [6, 6.07) is 7.90. The molecule has 1 aromatic rings. The van der Waals surface area contributed by atoms with E-state index in [2.05, 4.69) is 5.92 Å². The summed E-state index contributed by atoms with van der Waals surface area (Å²) in [4.78, 5) is 27.2. The molecule has 1 rings (SSSR count). The number of terminal acetylenes is 1. The molecule has 5 heteroatoms. The fourth-order valence-electron chi connectivity index (χ4n) is 1.96. The van der Waals surface area contributed by atoms with Gasteiger partial charge in [-0.2, -0.15) is 0 Å². The number of carbonyl (C=O) groups excluding carboxylic acids is 2. The molecule has 0 fully saturated rings. The summed E-state index contributed by atoms with van der Waals surface area (Å²) in [7, 11) is 1.53. The third kappa shape index (κ3) is 6.74. The van der Waals surface area contributed by atoms with Crippen LogP contribution in [0, 0.1) is 19.3 Å². The Balaban J connectivity index is 2.71. The van der Waals surface area contributed by atoms with Crippen molar-refractivity contribution >= 4 is 12.0 Å². The number of likely N-dealkylation sites (N-methyl/N-ethyl adjacent to an activating group) is 1. The number of hydrogen-bond donors (Lipinski definition) is 0. The van der Waals surface area contributed by atoms with Crippen LogP contribution >= 0.6 is 0 Å². The Labute approximate surface area is 144 Å². The lowest BCUT2D eigenvalue weighted by Crippen LogP contribution is -2.42. The maximum atomic E-state index is 12.5. The second-order valence-electron chi connectivity index (χ2n) is 6.78. The third-order valence-electron chi connectivity index (χ3n) is 3.21. The molecule has 0 bridgehead atoms. The van der Waals surface area contributed by atoms with Gasteiger partial charge in [-0.25, -0.2) is 4.79 Å². The molecule has 5 nitrogen and oxygen atoms in total. The molecule has 0 aliphatic carbocycles. The zero-order chi connectivity index (χ0) is 18.3. The topological polar surface area (TPSA) is 49.9 Å². The lowest BCUT2D eigenvalue weighted by atomic mass is 10.1. The number of ether oxygens (including phenoxy) is 1. The van der Waals surface area contributed by atoms with Crippen LogP contribution in [-0.4, -0.2) is 47.5 Å². The van der Waals surface area contributed by atoms with Crippen LogP contribution in [-0.2, 0) is 16.1 Å². The predicted molar refractivity (Wildman–Crippen MR) is 94.3 cm³/mol. The zero-order valence-corrected chi connectivity index (χ0v) is 15.1. The van der Waals surface area contributed by atoms with E-state index in [0.717, 1.165) is 11.1 Å². The molecule has 0 N–H and O–H groups in total. The molecule has 1 aromatic carbocycles. The Hall–Kier alpha value is -2.48. The fourth-order valence-corrected chi connectivity index (χ4v) is 1.96. The molecule has 2 amide bonds. The van der Waals surface area contributed by atoms with Crippen LogP contribution in [0.1, 0.15) is 31.9 Å². The molecule has 0 aromatic heterocycles. The molecule has 0 saturated carbocycles. The van der Waals surface area contributed by atoms with Gasteiger partial charge in [0.2, 0.25) is 5.91 Å². The second-order valence-corrected chi connectivity index (χ2v) is 6.78.